The van der Waals surface area contributed by atoms with Crippen molar-refractivity contribution in [1.29, 1.82) is 0 Å². The summed E-state index contributed by atoms with van der Waals surface area (Å²) < 4.78 is 22.7. The second kappa shape index (κ2) is 7.00. The Bertz CT molecular complexity index is 574. The molecule has 1 amide bonds. The van der Waals surface area contributed by atoms with Crippen LogP contribution in [-0.4, -0.2) is 55.9 Å². The lowest BCUT2D eigenvalue weighted by Crippen LogP contribution is -2.37. The number of pyridine rings is 1. The lowest BCUT2D eigenvalue weighted by molar-refractivity contribution is -0.122. The highest BCUT2D eigenvalue weighted by Gasteiger charge is 2.27. The lowest BCUT2D eigenvalue weighted by Gasteiger charge is -2.17. The maximum atomic E-state index is 11.8. The molecule has 1 aliphatic rings. The molecule has 6 nitrogen and oxygen atoms in total. The summed E-state index contributed by atoms with van der Waals surface area (Å²) in [6.07, 6.45) is 4.10. The average molecular weight is 311 g/mol. The van der Waals surface area contributed by atoms with E-state index in [1.165, 1.54) is 0 Å². The fourth-order valence-electron chi connectivity index (χ4n) is 2.45. The topological polar surface area (TPSA) is 79.4 Å². The van der Waals surface area contributed by atoms with Crippen molar-refractivity contribution in [2.45, 2.75) is 13.0 Å². The van der Waals surface area contributed by atoms with Crippen LogP contribution in [0.5, 0.6) is 0 Å². The molecule has 0 aliphatic carbocycles. The van der Waals surface area contributed by atoms with Gasteiger partial charge in [-0.05, 0) is 37.1 Å². The van der Waals surface area contributed by atoms with E-state index in [1.54, 1.807) is 12.4 Å². The van der Waals surface area contributed by atoms with Gasteiger partial charge in [0, 0.05) is 25.5 Å². The van der Waals surface area contributed by atoms with Crippen LogP contribution in [0.4, 0.5) is 0 Å². The van der Waals surface area contributed by atoms with E-state index in [0.29, 0.717) is 26.1 Å². The smallest absolute Gasteiger partial charge is 0.234 e. The Balaban J connectivity index is 1.70. The van der Waals surface area contributed by atoms with Crippen LogP contribution in [0.15, 0.2) is 24.5 Å². The van der Waals surface area contributed by atoms with Crippen molar-refractivity contribution >= 4 is 15.7 Å². The molecule has 1 N–H and O–H groups in total. The van der Waals surface area contributed by atoms with Gasteiger partial charge in [0.25, 0.3) is 0 Å². The highest BCUT2D eigenvalue weighted by molar-refractivity contribution is 7.91. The van der Waals surface area contributed by atoms with Gasteiger partial charge < -0.3 is 5.32 Å². The first kappa shape index (κ1) is 15.9. The zero-order valence-electron chi connectivity index (χ0n) is 12.2. The fourth-order valence-corrected chi connectivity index (χ4v) is 4.31. The molecule has 116 valence electrons. The molecule has 1 aliphatic heterocycles. The number of hydrogen-bond acceptors (Lipinski definition) is 5. The molecule has 2 heterocycles. The SMILES string of the molecule is CN(CC(=O)NC[C@@H]1CCS(=O)(=O)C1)Cc1ccncc1. The summed E-state index contributed by atoms with van der Waals surface area (Å²) in [7, 11) is -1.000. The van der Waals surface area contributed by atoms with Crippen LogP contribution in [0.1, 0.15) is 12.0 Å². The Kier molecular flexibility index (Phi) is 5.30. The van der Waals surface area contributed by atoms with Crippen LogP contribution < -0.4 is 5.32 Å². The van der Waals surface area contributed by atoms with E-state index in [0.717, 1.165) is 5.56 Å². The number of amides is 1. The van der Waals surface area contributed by atoms with Crippen molar-refractivity contribution in [3.05, 3.63) is 30.1 Å². The van der Waals surface area contributed by atoms with E-state index in [-0.39, 0.29) is 23.3 Å². The number of carbonyl (C=O) groups excluding carboxylic acids is 1. The summed E-state index contributed by atoms with van der Waals surface area (Å²) in [4.78, 5) is 17.7. The molecule has 0 saturated carbocycles. The standard InChI is InChI=1S/C14H21N3O3S/c1-17(9-12-2-5-15-6-3-12)10-14(18)16-8-13-4-7-21(19,20)11-13/h2-3,5-6,13H,4,7-11H2,1H3,(H,16,18)/t13-/m0/s1. The van der Waals surface area contributed by atoms with E-state index in [2.05, 4.69) is 10.3 Å². The van der Waals surface area contributed by atoms with Gasteiger partial charge in [0.15, 0.2) is 9.84 Å². The lowest BCUT2D eigenvalue weighted by atomic mass is 10.1. The van der Waals surface area contributed by atoms with Crippen LogP contribution in [0.25, 0.3) is 0 Å². The monoisotopic (exact) mass is 311 g/mol. The number of nitrogens with one attached hydrogen (secondary N) is 1. The maximum absolute atomic E-state index is 11.8. The highest BCUT2D eigenvalue weighted by Crippen LogP contribution is 2.17. The quantitative estimate of drug-likeness (QED) is 0.804. The minimum absolute atomic E-state index is 0.0597. The Morgan fingerprint density at radius 3 is 2.76 bits per heavy atom. The van der Waals surface area contributed by atoms with Crippen molar-refractivity contribution in [2.75, 3.05) is 31.6 Å². The minimum Gasteiger partial charge on any atom is -0.355 e. The first-order valence-corrected chi connectivity index (χ1v) is 8.81. The number of carbonyl (C=O) groups is 1. The van der Waals surface area contributed by atoms with E-state index in [9.17, 15) is 13.2 Å². The zero-order chi connectivity index (χ0) is 15.3. The molecule has 1 aromatic heterocycles. The van der Waals surface area contributed by atoms with Gasteiger partial charge in [-0.25, -0.2) is 8.42 Å². The van der Waals surface area contributed by atoms with Crippen molar-refractivity contribution in [1.82, 2.24) is 15.2 Å². The van der Waals surface area contributed by atoms with Crippen LogP contribution in [0, 0.1) is 5.92 Å². The van der Waals surface area contributed by atoms with Crippen molar-refractivity contribution in [2.24, 2.45) is 5.92 Å². The van der Waals surface area contributed by atoms with Gasteiger partial charge in [-0.1, -0.05) is 0 Å². The third-order valence-electron chi connectivity index (χ3n) is 3.53. The summed E-state index contributed by atoms with van der Waals surface area (Å²) >= 11 is 0. The number of rotatable bonds is 6. The van der Waals surface area contributed by atoms with Crippen LogP contribution in [0.3, 0.4) is 0 Å². The van der Waals surface area contributed by atoms with Gasteiger partial charge in [0.05, 0.1) is 18.1 Å². The largest absolute Gasteiger partial charge is 0.355 e. The fraction of sp³-hybridized carbons (Fsp3) is 0.571. The number of aromatic nitrogens is 1. The Hall–Kier alpha value is -1.47. The summed E-state index contributed by atoms with van der Waals surface area (Å²) in [5, 5.41) is 2.82. The second-order valence-corrected chi connectivity index (χ2v) is 7.83. The van der Waals surface area contributed by atoms with Gasteiger partial charge >= 0.3 is 0 Å². The number of sulfone groups is 1. The maximum Gasteiger partial charge on any atom is 0.234 e. The minimum atomic E-state index is -2.87. The highest BCUT2D eigenvalue weighted by atomic mass is 32.2. The molecule has 1 atom stereocenters. The van der Waals surface area contributed by atoms with E-state index in [4.69, 9.17) is 0 Å². The van der Waals surface area contributed by atoms with Crippen LogP contribution in [-0.2, 0) is 21.2 Å². The molecule has 2 rings (SSSR count). The predicted octanol–water partition coefficient (Wildman–Crippen LogP) is 0.0643. The van der Waals surface area contributed by atoms with Gasteiger partial charge in [-0.2, -0.15) is 0 Å². The van der Waals surface area contributed by atoms with E-state index in [1.807, 2.05) is 24.1 Å². The average Bonchev–Trinajstić information content (AvgIpc) is 2.77. The predicted molar refractivity (Wildman–Crippen MR) is 80.3 cm³/mol. The molecule has 0 spiro atoms. The van der Waals surface area contributed by atoms with Crippen LogP contribution >= 0.6 is 0 Å². The molecule has 7 heteroatoms. The summed E-state index contributed by atoms with van der Waals surface area (Å²) in [5.41, 5.74) is 1.10. The molecule has 0 aromatic carbocycles. The Morgan fingerprint density at radius 2 is 2.14 bits per heavy atom. The summed E-state index contributed by atoms with van der Waals surface area (Å²) in [6, 6.07) is 3.83. The molecule has 0 radical (unpaired) electrons. The first-order valence-electron chi connectivity index (χ1n) is 6.99. The van der Waals surface area contributed by atoms with Gasteiger partial charge in [-0.15, -0.1) is 0 Å². The molecule has 0 unspecified atom stereocenters. The molecule has 0 bridgehead atoms. The number of likely N-dealkylation sites (N-methyl/N-ethyl adjacent to an activating group) is 1. The molecule has 1 aromatic rings. The number of nitrogens with zero attached hydrogens (tertiary/aromatic N) is 2. The second-order valence-electron chi connectivity index (χ2n) is 5.60. The van der Waals surface area contributed by atoms with E-state index >= 15 is 0 Å². The molecular weight excluding hydrogens is 290 g/mol. The van der Waals surface area contributed by atoms with Crippen molar-refractivity contribution < 1.29 is 13.2 Å². The Morgan fingerprint density at radius 1 is 1.43 bits per heavy atom. The number of hydrogen-bond donors (Lipinski definition) is 1. The first-order chi connectivity index (χ1) is 9.94. The molecule has 21 heavy (non-hydrogen) atoms. The van der Waals surface area contributed by atoms with Gasteiger partial charge in [0.2, 0.25) is 5.91 Å². The van der Waals surface area contributed by atoms with Crippen molar-refractivity contribution in [3.8, 4) is 0 Å². The molecular formula is C14H21N3O3S. The molecule has 1 fully saturated rings. The molecule has 1 saturated heterocycles. The normalized spacial score (nSPS) is 20.6. The third kappa shape index (κ3) is 5.43. The van der Waals surface area contributed by atoms with Gasteiger partial charge in [-0.3, -0.25) is 14.7 Å². The summed E-state index contributed by atoms with van der Waals surface area (Å²) in [6.45, 7) is 1.41. The van der Waals surface area contributed by atoms with Crippen molar-refractivity contribution in [3.63, 3.8) is 0 Å². The Labute approximate surface area is 125 Å². The third-order valence-corrected chi connectivity index (χ3v) is 5.37. The van der Waals surface area contributed by atoms with Gasteiger partial charge in [0.1, 0.15) is 0 Å². The summed E-state index contributed by atoms with van der Waals surface area (Å²) in [5.74, 6) is 0.426. The van der Waals surface area contributed by atoms with Crippen LogP contribution in [0.2, 0.25) is 0 Å². The zero-order valence-corrected chi connectivity index (χ0v) is 13.0. The van der Waals surface area contributed by atoms with E-state index < -0.39 is 9.84 Å².